The van der Waals surface area contributed by atoms with Crippen LogP contribution in [0.2, 0.25) is 0 Å². The zero-order valence-corrected chi connectivity index (χ0v) is 8.76. The van der Waals surface area contributed by atoms with Gasteiger partial charge in [0.2, 0.25) is 5.91 Å². The van der Waals surface area contributed by atoms with Crippen LogP contribution in [0.1, 0.15) is 19.8 Å². The lowest BCUT2D eigenvalue weighted by atomic mass is 10.2. The summed E-state index contributed by atoms with van der Waals surface area (Å²) in [6.07, 6.45) is 4.05. The van der Waals surface area contributed by atoms with Crippen molar-refractivity contribution in [2.24, 2.45) is 0 Å². The fraction of sp³-hybridized carbons (Fsp3) is 0.667. The highest BCUT2D eigenvalue weighted by Gasteiger charge is 2.02. The number of nitrogens with zero attached hydrogens (tertiary/aromatic N) is 3. The van der Waals surface area contributed by atoms with Gasteiger partial charge in [-0.2, -0.15) is 5.10 Å². The second-order valence-electron chi connectivity index (χ2n) is 3.43. The average Bonchev–Trinajstić information content (AvgIpc) is 2.64. The Morgan fingerprint density at radius 2 is 2.47 bits per heavy atom. The van der Waals surface area contributed by atoms with Crippen LogP contribution in [0, 0.1) is 0 Å². The summed E-state index contributed by atoms with van der Waals surface area (Å²) in [5.74, 6) is -0.0916. The molecular weight excluding hydrogens is 196 g/mol. The molecule has 0 bridgehead atoms. The van der Waals surface area contributed by atoms with Crippen molar-refractivity contribution >= 4 is 5.91 Å². The minimum absolute atomic E-state index is 0.0916. The summed E-state index contributed by atoms with van der Waals surface area (Å²) in [5.41, 5.74) is 0. The molecule has 1 unspecified atom stereocenters. The molecule has 84 valence electrons. The Balaban J connectivity index is 2.09. The number of rotatable bonds is 6. The summed E-state index contributed by atoms with van der Waals surface area (Å²) in [4.78, 5) is 15.0. The van der Waals surface area contributed by atoms with E-state index in [0.29, 0.717) is 13.0 Å². The Kier molecular flexibility index (Phi) is 4.76. The van der Waals surface area contributed by atoms with E-state index in [0.717, 1.165) is 6.42 Å². The zero-order chi connectivity index (χ0) is 11.1. The van der Waals surface area contributed by atoms with E-state index in [1.54, 1.807) is 6.92 Å². The minimum atomic E-state index is -0.308. The van der Waals surface area contributed by atoms with Crippen LogP contribution in [-0.4, -0.2) is 38.4 Å². The van der Waals surface area contributed by atoms with Crippen molar-refractivity contribution in [1.29, 1.82) is 0 Å². The van der Waals surface area contributed by atoms with Crippen LogP contribution in [0.4, 0.5) is 0 Å². The molecule has 1 atom stereocenters. The molecule has 1 amide bonds. The van der Waals surface area contributed by atoms with E-state index in [4.69, 9.17) is 5.11 Å². The Morgan fingerprint density at radius 3 is 3.07 bits per heavy atom. The molecule has 0 radical (unpaired) electrons. The molecule has 0 fully saturated rings. The van der Waals surface area contributed by atoms with Crippen LogP contribution in [0.25, 0.3) is 0 Å². The average molecular weight is 212 g/mol. The largest absolute Gasteiger partial charge is 0.393 e. The van der Waals surface area contributed by atoms with Crippen LogP contribution in [0.5, 0.6) is 0 Å². The monoisotopic (exact) mass is 212 g/mol. The number of aliphatic hydroxyl groups is 1. The molecule has 1 rings (SSSR count). The quantitative estimate of drug-likeness (QED) is 0.626. The van der Waals surface area contributed by atoms with Crippen molar-refractivity contribution in [2.75, 3.05) is 6.54 Å². The number of aromatic nitrogens is 3. The molecule has 1 aromatic rings. The molecule has 1 heterocycles. The molecule has 6 heteroatoms. The van der Waals surface area contributed by atoms with Crippen LogP contribution < -0.4 is 5.32 Å². The van der Waals surface area contributed by atoms with Gasteiger partial charge in [0.25, 0.3) is 0 Å². The van der Waals surface area contributed by atoms with Gasteiger partial charge in [-0.1, -0.05) is 0 Å². The highest BCUT2D eigenvalue weighted by Crippen LogP contribution is 1.93. The molecular formula is C9H16N4O2. The van der Waals surface area contributed by atoms with Gasteiger partial charge in [-0.3, -0.25) is 4.79 Å². The number of hydrogen-bond acceptors (Lipinski definition) is 4. The fourth-order valence-corrected chi connectivity index (χ4v) is 1.14. The smallest absolute Gasteiger partial charge is 0.241 e. The number of carbonyl (C=O) groups excluding carboxylic acids is 1. The van der Waals surface area contributed by atoms with Crippen LogP contribution in [-0.2, 0) is 11.3 Å². The van der Waals surface area contributed by atoms with Gasteiger partial charge < -0.3 is 10.4 Å². The lowest BCUT2D eigenvalue weighted by Gasteiger charge is -2.06. The molecule has 0 aliphatic rings. The van der Waals surface area contributed by atoms with E-state index < -0.39 is 0 Å². The first-order valence-electron chi connectivity index (χ1n) is 4.95. The van der Waals surface area contributed by atoms with Crippen LogP contribution >= 0.6 is 0 Å². The number of amides is 1. The molecule has 0 aliphatic heterocycles. The molecule has 1 aromatic heterocycles. The van der Waals surface area contributed by atoms with E-state index >= 15 is 0 Å². The third kappa shape index (κ3) is 5.11. The molecule has 15 heavy (non-hydrogen) atoms. The molecule has 2 N–H and O–H groups in total. The minimum Gasteiger partial charge on any atom is -0.393 e. The first-order valence-corrected chi connectivity index (χ1v) is 4.95. The van der Waals surface area contributed by atoms with Gasteiger partial charge >= 0.3 is 0 Å². The van der Waals surface area contributed by atoms with Gasteiger partial charge in [-0.05, 0) is 19.8 Å². The van der Waals surface area contributed by atoms with Crippen molar-refractivity contribution in [3.8, 4) is 0 Å². The van der Waals surface area contributed by atoms with Crippen molar-refractivity contribution in [2.45, 2.75) is 32.4 Å². The van der Waals surface area contributed by atoms with Crippen molar-refractivity contribution < 1.29 is 9.90 Å². The summed E-state index contributed by atoms with van der Waals surface area (Å²) < 4.78 is 1.46. The summed E-state index contributed by atoms with van der Waals surface area (Å²) in [5, 5.41) is 15.5. The summed E-state index contributed by atoms with van der Waals surface area (Å²) in [7, 11) is 0. The van der Waals surface area contributed by atoms with Gasteiger partial charge in [-0.25, -0.2) is 9.67 Å². The van der Waals surface area contributed by atoms with Gasteiger partial charge in [0.15, 0.2) is 0 Å². The molecule has 0 saturated heterocycles. The highest BCUT2D eigenvalue weighted by atomic mass is 16.3. The Morgan fingerprint density at radius 1 is 1.67 bits per heavy atom. The number of hydrogen-bond donors (Lipinski definition) is 2. The summed E-state index contributed by atoms with van der Waals surface area (Å²) in [6, 6.07) is 0. The topological polar surface area (TPSA) is 80.0 Å². The maximum Gasteiger partial charge on any atom is 0.241 e. The maximum atomic E-state index is 11.3. The standard InChI is InChI=1S/C9H16N4O2/c1-8(14)3-2-4-11-9(15)5-13-7-10-6-12-13/h6-8,14H,2-5H2,1H3,(H,11,15). The lowest BCUT2D eigenvalue weighted by molar-refractivity contribution is -0.121. The molecule has 6 nitrogen and oxygen atoms in total. The first kappa shape index (κ1) is 11.6. The summed E-state index contributed by atoms with van der Waals surface area (Å²) >= 11 is 0. The Labute approximate surface area is 88.3 Å². The van der Waals surface area contributed by atoms with E-state index in [1.807, 2.05) is 0 Å². The molecule has 0 saturated carbocycles. The molecule has 0 aliphatic carbocycles. The van der Waals surface area contributed by atoms with Crippen LogP contribution in [0.15, 0.2) is 12.7 Å². The van der Waals surface area contributed by atoms with Gasteiger partial charge in [-0.15, -0.1) is 0 Å². The number of aliphatic hydroxyl groups excluding tert-OH is 1. The van der Waals surface area contributed by atoms with Crippen LogP contribution in [0.3, 0.4) is 0 Å². The fourth-order valence-electron chi connectivity index (χ4n) is 1.14. The lowest BCUT2D eigenvalue weighted by Crippen LogP contribution is -2.29. The van der Waals surface area contributed by atoms with Gasteiger partial charge in [0.1, 0.15) is 19.2 Å². The third-order valence-corrected chi connectivity index (χ3v) is 1.89. The second-order valence-corrected chi connectivity index (χ2v) is 3.43. The van der Waals surface area contributed by atoms with E-state index in [-0.39, 0.29) is 18.6 Å². The normalized spacial score (nSPS) is 12.4. The van der Waals surface area contributed by atoms with E-state index in [1.165, 1.54) is 17.3 Å². The van der Waals surface area contributed by atoms with Gasteiger partial charge in [0.05, 0.1) is 6.10 Å². The van der Waals surface area contributed by atoms with Crippen molar-refractivity contribution in [1.82, 2.24) is 20.1 Å². The third-order valence-electron chi connectivity index (χ3n) is 1.89. The SMILES string of the molecule is CC(O)CCCNC(=O)Cn1cncn1. The summed E-state index contributed by atoms with van der Waals surface area (Å²) in [6.45, 7) is 2.50. The van der Waals surface area contributed by atoms with Crippen molar-refractivity contribution in [3.05, 3.63) is 12.7 Å². The molecule has 0 spiro atoms. The van der Waals surface area contributed by atoms with Crippen molar-refractivity contribution in [3.63, 3.8) is 0 Å². The second kappa shape index (κ2) is 6.13. The first-order chi connectivity index (χ1) is 7.18. The number of nitrogens with one attached hydrogen (secondary N) is 1. The predicted octanol–water partition coefficient (Wildman–Crippen LogP) is -0.445. The highest BCUT2D eigenvalue weighted by molar-refractivity contribution is 5.75. The van der Waals surface area contributed by atoms with E-state index in [2.05, 4.69) is 15.4 Å². The predicted molar refractivity (Wildman–Crippen MR) is 53.9 cm³/mol. The molecule has 0 aromatic carbocycles. The number of carbonyl (C=O) groups is 1. The van der Waals surface area contributed by atoms with E-state index in [9.17, 15) is 4.79 Å². The van der Waals surface area contributed by atoms with Gasteiger partial charge in [0, 0.05) is 6.54 Å². The zero-order valence-electron chi connectivity index (χ0n) is 8.76. The Bertz CT molecular complexity index is 284. The maximum absolute atomic E-state index is 11.3. The Hall–Kier alpha value is -1.43.